The summed E-state index contributed by atoms with van der Waals surface area (Å²) in [6.45, 7) is 3.06. The molecule has 2 aromatic rings. The van der Waals surface area contributed by atoms with Crippen LogP contribution in [0.15, 0.2) is 80.7 Å². The van der Waals surface area contributed by atoms with Gasteiger partial charge >= 0.3 is 0 Å². The summed E-state index contributed by atoms with van der Waals surface area (Å²) in [6, 6.07) is 15.8. The standard InChI is InChI=1S/2C18H23N3O4S/c2*1-14(22)13-15-7-5-10-17(23)18(15,11-6-12-20-21-19)26(24,25)16-8-3-2-4-9-16/h2*2-4,8-9,15H,5-7,10-13H2,1H3/t2*15-,18-/m00/s1. The van der Waals surface area contributed by atoms with E-state index >= 15 is 0 Å². The molecule has 0 N–H and O–H groups in total. The first-order valence-corrected chi connectivity index (χ1v) is 20.4. The fourth-order valence-electron chi connectivity index (χ4n) is 7.82. The molecule has 0 radical (unpaired) electrons. The molecule has 2 aromatic carbocycles. The van der Waals surface area contributed by atoms with Crippen LogP contribution in [-0.2, 0) is 38.9 Å². The molecule has 280 valence electrons. The molecule has 0 aliphatic heterocycles. The van der Waals surface area contributed by atoms with Crippen molar-refractivity contribution in [3.8, 4) is 0 Å². The summed E-state index contributed by atoms with van der Waals surface area (Å²) in [5.74, 6) is -2.05. The van der Waals surface area contributed by atoms with E-state index in [2.05, 4.69) is 20.1 Å². The van der Waals surface area contributed by atoms with Gasteiger partial charge in [-0.25, -0.2) is 16.8 Å². The van der Waals surface area contributed by atoms with Crippen molar-refractivity contribution in [2.24, 2.45) is 22.1 Å². The molecule has 0 heterocycles. The molecule has 0 unspecified atom stereocenters. The van der Waals surface area contributed by atoms with Gasteiger partial charge < -0.3 is 9.59 Å². The normalized spacial score (nSPS) is 23.3. The third-order valence-corrected chi connectivity index (χ3v) is 15.3. The van der Waals surface area contributed by atoms with Gasteiger partial charge in [-0.3, -0.25) is 9.59 Å². The Labute approximate surface area is 304 Å². The van der Waals surface area contributed by atoms with Crippen molar-refractivity contribution < 1.29 is 36.0 Å². The maximum absolute atomic E-state index is 13.5. The summed E-state index contributed by atoms with van der Waals surface area (Å²) in [7, 11) is -7.98. The van der Waals surface area contributed by atoms with Crippen LogP contribution in [0.2, 0.25) is 0 Å². The molecule has 2 saturated carbocycles. The predicted octanol–water partition coefficient (Wildman–Crippen LogP) is 7.28. The molecular weight excluding hydrogens is 709 g/mol. The van der Waals surface area contributed by atoms with Gasteiger partial charge in [-0.15, -0.1) is 0 Å². The van der Waals surface area contributed by atoms with E-state index in [1.54, 1.807) is 36.4 Å². The van der Waals surface area contributed by atoms with Gasteiger partial charge in [-0.1, -0.05) is 46.6 Å². The molecule has 16 heteroatoms. The summed E-state index contributed by atoms with van der Waals surface area (Å²) in [4.78, 5) is 55.1. The van der Waals surface area contributed by atoms with Crippen LogP contribution in [0.5, 0.6) is 0 Å². The van der Waals surface area contributed by atoms with E-state index in [9.17, 15) is 36.0 Å². The van der Waals surface area contributed by atoms with E-state index in [4.69, 9.17) is 11.1 Å². The lowest BCUT2D eigenvalue weighted by molar-refractivity contribution is -0.128. The van der Waals surface area contributed by atoms with E-state index < -0.39 is 41.0 Å². The maximum atomic E-state index is 13.5. The molecule has 0 saturated heterocycles. The first-order chi connectivity index (χ1) is 24.7. The average Bonchev–Trinajstić information content (AvgIpc) is 3.11. The van der Waals surface area contributed by atoms with E-state index in [1.807, 2.05) is 0 Å². The molecule has 2 aliphatic carbocycles. The highest BCUT2D eigenvalue weighted by molar-refractivity contribution is 7.94. The Morgan fingerprint density at radius 3 is 1.33 bits per heavy atom. The van der Waals surface area contributed by atoms with Crippen molar-refractivity contribution in [1.82, 2.24) is 0 Å². The van der Waals surface area contributed by atoms with Gasteiger partial charge in [0.25, 0.3) is 0 Å². The van der Waals surface area contributed by atoms with Gasteiger partial charge in [-0.2, -0.15) is 0 Å². The molecular formula is C36H46N6O8S2. The van der Waals surface area contributed by atoms with Crippen LogP contribution in [-0.4, -0.2) is 62.6 Å². The molecule has 0 aromatic heterocycles. The Morgan fingerprint density at radius 1 is 0.673 bits per heavy atom. The van der Waals surface area contributed by atoms with Gasteiger partial charge in [0.05, 0.1) is 9.79 Å². The van der Waals surface area contributed by atoms with E-state index in [0.717, 1.165) is 0 Å². The van der Waals surface area contributed by atoms with Crippen molar-refractivity contribution in [2.45, 2.75) is 110 Å². The third kappa shape index (κ3) is 9.16. The minimum absolute atomic E-state index is 0.0549. The number of sulfone groups is 2. The third-order valence-electron chi connectivity index (χ3n) is 10.0. The van der Waals surface area contributed by atoms with Gasteiger partial charge in [0.2, 0.25) is 0 Å². The van der Waals surface area contributed by atoms with E-state index in [1.165, 1.54) is 38.1 Å². The van der Waals surface area contributed by atoms with Crippen molar-refractivity contribution in [1.29, 1.82) is 0 Å². The second-order valence-electron chi connectivity index (χ2n) is 13.4. The fraction of sp³-hybridized carbons (Fsp3) is 0.556. The molecule has 4 atom stereocenters. The minimum atomic E-state index is -3.99. The number of benzene rings is 2. The van der Waals surface area contributed by atoms with Crippen LogP contribution in [0, 0.1) is 11.8 Å². The Balaban J connectivity index is 0.000000280. The van der Waals surface area contributed by atoms with Gasteiger partial charge in [0.15, 0.2) is 31.2 Å². The highest BCUT2D eigenvalue weighted by Crippen LogP contribution is 2.47. The number of carbonyl (C=O) groups is 4. The second kappa shape index (κ2) is 18.9. The first-order valence-electron chi connectivity index (χ1n) is 17.4. The highest BCUT2D eigenvalue weighted by Gasteiger charge is 2.58. The summed E-state index contributed by atoms with van der Waals surface area (Å²) >= 11 is 0. The zero-order valence-corrected chi connectivity index (χ0v) is 31.2. The molecule has 2 fully saturated rings. The van der Waals surface area contributed by atoms with Crippen molar-refractivity contribution in [3.05, 3.63) is 81.5 Å². The average molecular weight is 755 g/mol. The number of hydrogen-bond donors (Lipinski definition) is 0. The van der Waals surface area contributed by atoms with Crippen LogP contribution in [0.1, 0.15) is 90.9 Å². The van der Waals surface area contributed by atoms with Gasteiger partial charge in [0.1, 0.15) is 21.1 Å². The van der Waals surface area contributed by atoms with Crippen LogP contribution < -0.4 is 0 Å². The summed E-state index contributed by atoms with van der Waals surface area (Å²) < 4.78 is 50.9. The van der Waals surface area contributed by atoms with Crippen LogP contribution >= 0.6 is 0 Å². The van der Waals surface area contributed by atoms with E-state index in [-0.39, 0.29) is 97.4 Å². The van der Waals surface area contributed by atoms with Crippen molar-refractivity contribution >= 4 is 42.8 Å². The molecule has 2 aliphatic rings. The Morgan fingerprint density at radius 2 is 1.02 bits per heavy atom. The Bertz CT molecular complexity index is 1770. The minimum Gasteiger partial charge on any atom is -0.300 e. The SMILES string of the molecule is CC(=O)C[C@@H]1CCCC(=O)[C@@]1(CCCN=[N+]=[N-])S(=O)(=O)c1ccccc1.CC(=O)C[C@@H]1CCCC(=O)[C@@]1(CCCN=[N+]=[N-])S(=O)(=O)c1ccccc1. The molecule has 52 heavy (non-hydrogen) atoms. The number of Topliss-reactive ketones (excluding diaryl/α,β-unsaturated/α-hetero) is 4. The monoisotopic (exact) mass is 754 g/mol. The van der Waals surface area contributed by atoms with E-state index in [0.29, 0.717) is 25.7 Å². The zero-order valence-electron chi connectivity index (χ0n) is 29.6. The number of carbonyl (C=O) groups excluding carboxylic acids is 4. The summed E-state index contributed by atoms with van der Waals surface area (Å²) in [6.07, 6.45) is 3.32. The summed E-state index contributed by atoms with van der Waals surface area (Å²) in [5, 5.41) is 6.92. The lowest BCUT2D eigenvalue weighted by atomic mass is 9.73. The number of hydrogen-bond acceptors (Lipinski definition) is 10. The van der Waals surface area contributed by atoms with Crippen molar-refractivity contribution in [3.63, 3.8) is 0 Å². The number of ketones is 4. The molecule has 4 rings (SSSR count). The Kier molecular flexibility index (Phi) is 15.3. The summed E-state index contributed by atoms with van der Waals surface area (Å²) in [5.41, 5.74) is 16.9. The maximum Gasteiger partial charge on any atom is 0.191 e. The lowest BCUT2D eigenvalue weighted by Gasteiger charge is -2.42. The topological polar surface area (TPSA) is 234 Å². The predicted molar refractivity (Wildman–Crippen MR) is 195 cm³/mol. The molecule has 0 bridgehead atoms. The number of azide groups is 2. The molecule has 0 spiro atoms. The largest absolute Gasteiger partial charge is 0.300 e. The second-order valence-corrected chi connectivity index (χ2v) is 17.8. The van der Waals surface area contributed by atoms with Gasteiger partial charge in [-0.05, 0) is 112 Å². The number of nitrogens with zero attached hydrogens (tertiary/aromatic N) is 6. The highest BCUT2D eigenvalue weighted by atomic mass is 32.2. The number of rotatable bonds is 16. The zero-order chi connectivity index (χ0) is 38.4. The van der Waals surface area contributed by atoms with Crippen molar-refractivity contribution in [2.75, 3.05) is 13.1 Å². The van der Waals surface area contributed by atoms with Gasteiger partial charge in [0, 0.05) is 48.6 Å². The fourth-order valence-corrected chi connectivity index (χ4v) is 12.6. The van der Waals surface area contributed by atoms with Crippen LogP contribution in [0.4, 0.5) is 0 Å². The molecule has 0 amide bonds. The lowest BCUT2D eigenvalue weighted by Crippen LogP contribution is -2.55. The molecule has 14 nitrogen and oxygen atoms in total. The Hall–Kier alpha value is -4.36. The first kappa shape index (κ1) is 42.1. The smallest absolute Gasteiger partial charge is 0.191 e. The van der Waals surface area contributed by atoms with Crippen LogP contribution in [0.3, 0.4) is 0 Å². The quantitative estimate of drug-likeness (QED) is 0.0729. The van der Waals surface area contributed by atoms with Crippen LogP contribution in [0.25, 0.3) is 20.9 Å².